The number of nitrogens with zero attached hydrogens (tertiary/aromatic N) is 2. The summed E-state index contributed by atoms with van der Waals surface area (Å²) < 4.78 is 55.1. The van der Waals surface area contributed by atoms with Gasteiger partial charge in [0.1, 0.15) is 4.90 Å². The first-order chi connectivity index (χ1) is 13.8. The molecule has 2 aromatic carbocycles. The molecule has 0 spiro atoms. The van der Waals surface area contributed by atoms with E-state index >= 15 is 0 Å². The number of rotatable bonds is 4. The van der Waals surface area contributed by atoms with Crippen LogP contribution in [0.2, 0.25) is 5.02 Å². The first-order valence-electron chi connectivity index (χ1n) is 9.78. The standard InChI is InChI=1S/C21H23ClF2N2O2S.ClH/c22-18-10-19(23)21(24)20(11-18)29(27,28)26-8-3-4-15(13-26)12-25-9-7-16-5-1-2-6-17(16)14-25;/h1-2,5-6,10-11,15H,3-4,7-9,12-14H2;1H. The third-order valence-corrected chi connectivity index (χ3v) is 7.87. The van der Waals surface area contributed by atoms with Gasteiger partial charge in [0.15, 0.2) is 11.6 Å². The molecule has 30 heavy (non-hydrogen) atoms. The Bertz CT molecular complexity index is 1020. The Balaban J connectivity index is 0.00000256. The summed E-state index contributed by atoms with van der Waals surface area (Å²) in [6, 6.07) is 10.1. The fourth-order valence-electron chi connectivity index (χ4n) is 4.33. The largest absolute Gasteiger partial charge is 0.298 e. The lowest BCUT2D eigenvalue weighted by Crippen LogP contribution is -2.44. The summed E-state index contributed by atoms with van der Waals surface area (Å²) in [5.41, 5.74) is 2.69. The van der Waals surface area contributed by atoms with Crippen LogP contribution in [-0.2, 0) is 23.0 Å². The zero-order valence-corrected chi connectivity index (χ0v) is 18.7. The van der Waals surface area contributed by atoms with E-state index in [0.29, 0.717) is 19.5 Å². The van der Waals surface area contributed by atoms with Gasteiger partial charge in [-0.2, -0.15) is 4.31 Å². The number of sulfonamides is 1. The lowest BCUT2D eigenvalue weighted by molar-refractivity contribution is 0.167. The maximum absolute atomic E-state index is 14.2. The van der Waals surface area contributed by atoms with Gasteiger partial charge in [-0.05, 0) is 48.4 Å². The van der Waals surface area contributed by atoms with Crippen molar-refractivity contribution in [2.45, 2.75) is 30.7 Å². The number of piperidine rings is 1. The minimum Gasteiger partial charge on any atom is -0.298 e. The molecule has 9 heteroatoms. The highest BCUT2D eigenvalue weighted by molar-refractivity contribution is 7.89. The summed E-state index contributed by atoms with van der Waals surface area (Å²) in [6.45, 7) is 3.18. The lowest BCUT2D eigenvalue weighted by Gasteiger charge is -2.36. The zero-order valence-electron chi connectivity index (χ0n) is 16.4. The fourth-order valence-corrected chi connectivity index (χ4v) is 6.25. The van der Waals surface area contributed by atoms with Crippen LogP contribution in [0.5, 0.6) is 0 Å². The Morgan fingerprint density at radius 3 is 2.60 bits per heavy atom. The molecule has 1 saturated heterocycles. The molecule has 164 valence electrons. The molecule has 2 aliphatic heterocycles. The van der Waals surface area contributed by atoms with Crippen molar-refractivity contribution in [1.82, 2.24) is 9.21 Å². The van der Waals surface area contributed by atoms with Crippen LogP contribution >= 0.6 is 24.0 Å². The normalized spacial score (nSPS) is 20.4. The number of hydrogen-bond donors (Lipinski definition) is 0. The van der Waals surface area contributed by atoms with Gasteiger partial charge in [-0.15, -0.1) is 12.4 Å². The Morgan fingerprint density at radius 2 is 1.83 bits per heavy atom. The van der Waals surface area contributed by atoms with Crippen molar-refractivity contribution >= 4 is 34.0 Å². The molecular formula is C21H24Cl2F2N2O2S. The molecule has 1 fully saturated rings. The highest BCUT2D eigenvalue weighted by atomic mass is 35.5. The van der Waals surface area contributed by atoms with Crippen molar-refractivity contribution in [2.24, 2.45) is 5.92 Å². The molecule has 0 radical (unpaired) electrons. The Hall–Kier alpha value is -1.25. The number of fused-ring (bicyclic) bond motifs is 1. The predicted octanol–water partition coefficient (Wildman–Crippen LogP) is 4.50. The predicted molar refractivity (Wildman–Crippen MR) is 116 cm³/mol. The molecule has 2 aliphatic rings. The minimum absolute atomic E-state index is 0. The van der Waals surface area contributed by atoms with Gasteiger partial charge >= 0.3 is 0 Å². The van der Waals surface area contributed by atoms with E-state index in [1.807, 2.05) is 6.07 Å². The molecule has 1 atom stereocenters. The maximum atomic E-state index is 14.2. The molecule has 0 saturated carbocycles. The van der Waals surface area contributed by atoms with E-state index in [0.717, 1.165) is 44.6 Å². The summed E-state index contributed by atoms with van der Waals surface area (Å²) in [4.78, 5) is 1.66. The first-order valence-corrected chi connectivity index (χ1v) is 11.6. The van der Waals surface area contributed by atoms with Crippen molar-refractivity contribution in [3.8, 4) is 0 Å². The molecule has 2 aromatic rings. The highest BCUT2D eigenvalue weighted by Crippen LogP contribution is 2.29. The molecule has 1 unspecified atom stereocenters. The molecule has 0 amide bonds. The fraction of sp³-hybridized carbons (Fsp3) is 0.429. The van der Waals surface area contributed by atoms with E-state index in [2.05, 4.69) is 23.1 Å². The van der Waals surface area contributed by atoms with Crippen LogP contribution in [0, 0.1) is 17.6 Å². The van der Waals surface area contributed by atoms with Crippen LogP contribution in [0.15, 0.2) is 41.3 Å². The molecule has 0 N–H and O–H groups in total. The highest BCUT2D eigenvalue weighted by Gasteiger charge is 2.34. The topological polar surface area (TPSA) is 40.6 Å². The van der Waals surface area contributed by atoms with Crippen molar-refractivity contribution in [3.05, 3.63) is 64.2 Å². The van der Waals surface area contributed by atoms with Crippen molar-refractivity contribution in [3.63, 3.8) is 0 Å². The summed E-state index contributed by atoms with van der Waals surface area (Å²) in [7, 11) is -4.14. The number of halogens is 4. The molecule has 0 aromatic heterocycles. The smallest absolute Gasteiger partial charge is 0.246 e. The van der Waals surface area contributed by atoms with E-state index < -0.39 is 26.6 Å². The summed E-state index contributed by atoms with van der Waals surface area (Å²) in [5.74, 6) is -2.48. The van der Waals surface area contributed by atoms with Gasteiger partial charge in [0.25, 0.3) is 0 Å². The number of hydrogen-bond acceptors (Lipinski definition) is 3. The van der Waals surface area contributed by atoms with Crippen LogP contribution in [0.3, 0.4) is 0 Å². The van der Waals surface area contributed by atoms with Gasteiger partial charge in [0.05, 0.1) is 0 Å². The third-order valence-electron chi connectivity index (χ3n) is 5.79. The maximum Gasteiger partial charge on any atom is 0.246 e. The quantitative estimate of drug-likeness (QED) is 0.609. The monoisotopic (exact) mass is 476 g/mol. The van der Waals surface area contributed by atoms with Crippen LogP contribution < -0.4 is 0 Å². The molecule has 4 rings (SSSR count). The van der Waals surface area contributed by atoms with Crippen molar-refractivity contribution < 1.29 is 17.2 Å². The van der Waals surface area contributed by atoms with Crippen LogP contribution in [0.1, 0.15) is 24.0 Å². The Labute approximate surface area is 187 Å². The average molecular weight is 477 g/mol. The Morgan fingerprint density at radius 1 is 1.10 bits per heavy atom. The molecule has 2 heterocycles. The van der Waals surface area contributed by atoms with Crippen molar-refractivity contribution in [2.75, 3.05) is 26.2 Å². The molecular weight excluding hydrogens is 453 g/mol. The van der Waals surface area contributed by atoms with Crippen LogP contribution in [0.4, 0.5) is 8.78 Å². The molecule has 4 nitrogen and oxygen atoms in total. The van der Waals surface area contributed by atoms with Crippen LogP contribution in [0.25, 0.3) is 0 Å². The summed E-state index contributed by atoms with van der Waals surface area (Å²) in [5, 5.41) is -0.136. The van der Waals surface area contributed by atoms with Gasteiger partial charge < -0.3 is 0 Å². The second-order valence-corrected chi connectivity index (χ2v) is 10.2. The van der Waals surface area contributed by atoms with Crippen molar-refractivity contribution in [1.29, 1.82) is 0 Å². The average Bonchev–Trinajstić information content (AvgIpc) is 2.70. The molecule has 0 bridgehead atoms. The third kappa shape index (κ3) is 4.81. The van der Waals surface area contributed by atoms with E-state index in [-0.39, 0.29) is 23.3 Å². The SMILES string of the molecule is Cl.O=S(=O)(c1cc(Cl)cc(F)c1F)N1CCCC(CN2CCc3ccccc3C2)C1. The van der Waals surface area contributed by atoms with E-state index in [1.165, 1.54) is 15.4 Å². The van der Waals surface area contributed by atoms with Gasteiger partial charge in [-0.1, -0.05) is 35.9 Å². The second kappa shape index (κ2) is 9.49. The Kier molecular flexibility index (Phi) is 7.40. The van der Waals surface area contributed by atoms with E-state index in [1.54, 1.807) is 0 Å². The van der Waals surface area contributed by atoms with E-state index in [4.69, 9.17) is 11.6 Å². The zero-order chi connectivity index (χ0) is 20.6. The minimum atomic E-state index is -4.14. The van der Waals surface area contributed by atoms with Crippen LogP contribution in [-0.4, -0.2) is 43.8 Å². The lowest BCUT2D eigenvalue weighted by atomic mass is 9.95. The summed E-state index contributed by atoms with van der Waals surface area (Å²) >= 11 is 5.77. The summed E-state index contributed by atoms with van der Waals surface area (Å²) in [6.07, 6.45) is 2.59. The van der Waals surface area contributed by atoms with Gasteiger partial charge in [-0.3, -0.25) is 4.90 Å². The molecule has 0 aliphatic carbocycles. The van der Waals surface area contributed by atoms with Gasteiger partial charge in [0.2, 0.25) is 10.0 Å². The number of benzene rings is 2. The first kappa shape index (κ1) is 23.4. The van der Waals surface area contributed by atoms with E-state index in [9.17, 15) is 17.2 Å². The van der Waals surface area contributed by atoms with Gasteiger partial charge in [0, 0.05) is 37.7 Å². The second-order valence-electron chi connectivity index (χ2n) is 7.82. The van der Waals surface area contributed by atoms with Gasteiger partial charge in [-0.25, -0.2) is 17.2 Å².